The van der Waals surface area contributed by atoms with Crippen LogP contribution in [0.5, 0.6) is 0 Å². The van der Waals surface area contributed by atoms with Gasteiger partial charge in [-0.2, -0.15) is 4.72 Å². The summed E-state index contributed by atoms with van der Waals surface area (Å²) < 4.78 is 36.5. The Morgan fingerprint density at radius 1 is 1.13 bits per heavy atom. The van der Waals surface area contributed by atoms with Crippen LogP contribution in [0.15, 0.2) is 41.3 Å². The summed E-state index contributed by atoms with van der Waals surface area (Å²) in [4.78, 5) is 36.3. The Morgan fingerprint density at radius 2 is 1.80 bits per heavy atom. The van der Waals surface area contributed by atoms with E-state index in [0.29, 0.717) is 15.4 Å². The molecule has 30 heavy (non-hydrogen) atoms. The molecule has 11 heteroatoms. The van der Waals surface area contributed by atoms with Gasteiger partial charge < -0.3 is 14.8 Å². The smallest absolute Gasteiger partial charge is 0.348 e. The number of carbonyl (C=O) groups is 3. The summed E-state index contributed by atoms with van der Waals surface area (Å²) in [7, 11) is -3.90. The highest BCUT2D eigenvalue weighted by molar-refractivity contribution is 7.89. The first-order valence-electron chi connectivity index (χ1n) is 8.95. The van der Waals surface area contributed by atoms with E-state index in [1.165, 1.54) is 19.1 Å². The second kappa shape index (κ2) is 10.3. The van der Waals surface area contributed by atoms with Crippen molar-refractivity contribution < 1.29 is 32.3 Å². The van der Waals surface area contributed by atoms with Gasteiger partial charge in [0.25, 0.3) is 5.91 Å². The molecule has 0 unspecified atom stereocenters. The lowest BCUT2D eigenvalue weighted by Gasteiger charge is -2.13. The van der Waals surface area contributed by atoms with E-state index < -0.39 is 40.5 Å². The number of nitrogens with one attached hydrogen (secondary N) is 2. The third kappa shape index (κ3) is 6.37. The summed E-state index contributed by atoms with van der Waals surface area (Å²) in [5.41, 5.74) is 0.648. The SMILES string of the molecule is CCOC(=O)c1sc(NC(=O)COC(=O)[C@H](C)NS(=O)(=O)c2ccccc2)cc1C. The van der Waals surface area contributed by atoms with Crippen molar-refractivity contribution in [1.82, 2.24) is 4.72 Å². The lowest BCUT2D eigenvalue weighted by atomic mass is 10.3. The van der Waals surface area contributed by atoms with Crippen molar-refractivity contribution in [3.8, 4) is 0 Å². The molecule has 0 bridgehead atoms. The number of carbonyl (C=O) groups excluding carboxylic acids is 3. The molecular formula is C19H22N2O7S2. The van der Waals surface area contributed by atoms with Crippen LogP contribution in [0.4, 0.5) is 5.00 Å². The van der Waals surface area contributed by atoms with Crippen LogP contribution in [0.25, 0.3) is 0 Å². The van der Waals surface area contributed by atoms with Crippen molar-refractivity contribution >= 4 is 44.2 Å². The van der Waals surface area contributed by atoms with Crippen molar-refractivity contribution in [2.75, 3.05) is 18.5 Å². The topological polar surface area (TPSA) is 128 Å². The summed E-state index contributed by atoms with van der Waals surface area (Å²) in [6.45, 7) is 4.34. The molecule has 0 fully saturated rings. The maximum atomic E-state index is 12.2. The van der Waals surface area contributed by atoms with E-state index in [1.54, 1.807) is 38.1 Å². The van der Waals surface area contributed by atoms with E-state index in [2.05, 4.69) is 10.0 Å². The molecule has 0 aliphatic carbocycles. The molecule has 2 aromatic rings. The van der Waals surface area contributed by atoms with Gasteiger partial charge in [0.2, 0.25) is 10.0 Å². The minimum Gasteiger partial charge on any atom is -0.462 e. The fraction of sp³-hybridized carbons (Fsp3) is 0.316. The van der Waals surface area contributed by atoms with Crippen LogP contribution in [0.3, 0.4) is 0 Å². The van der Waals surface area contributed by atoms with Crippen molar-refractivity contribution in [2.45, 2.75) is 31.7 Å². The van der Waals surface area contributed by atoms with Crippen molar-refractivity contribution in [2.24, 2.45) is 0 Å². The van der Waals surface area contributed by atoms with E-state index in [0.717, 1.165) is 11.3 Å². The number of anilines is 1. The number of thiophene rings is 1. The van der Waals surface area contributed by atoms with Gasteiger partial charge in [0.1, 0.15) is 10.9 Å². The van der Waals surface area contributed by atoms with Crippen molar-refractivity contribution in [3.63, 3.8) is 0 Å². The minimum atomic E-state index is -3.90. The second-order valence-electron chi connectivity index (χ2n) is 6.16. The molecule has 0 radical (unpaired) electrons. The average molecular weight is 455 g/mol. The average Bonchev–Trinajstić information content (AvgIpc) is 3.06. The standard InChI is InChI=1S/C19H22N2O7S2/c1-4-27-19(24)17-12(2)10-16(29-17)20-15(22)11-28-18(23)13(3)21-30(25,26)14-8-6-5-7-9-14/h5-10,13,21H,4,11H2,1-3H3,(H,20,22)/t13-/m0/s1. The zero-order valence-corrected chi connectivity index (χ0v) is 18.3. The van der Waals surface area contributed by atoms with Gasteiger partial charge in [-0.25, -0.2) is 13.2 Å². The van der Waals surface area contributed by atoms with Crippen LogP contribution < -0.4 is 10.0 Å². The Balaban J connectivity index is 1.88. The Bertz CT molecular complexity index is 1020. The molecule has 1 amide bonds. The summed E-state index contributed by atoms with van der Waals surface area (Å²) in [6, 6.07) is 7.97. The molecule has 1 aromatic carbocycles. The summed E-state index contributed by atoms with van der Waals surface area (Å²) in [6.07, 6.45) is 0. The third-order valence-corrected chi connectivity index (χ3v) is 6.41. The molecule has 0 spiro atoms. The van der Waals surface area contributed by atoms with Gasteiger partial charge in [-0.05, 0) is 44.5 Å². The van der Waals surface area contributed by atoms with Crippen LogP contribution in [0, 0.1) is 6.92 Å². The fourth-order valence-corrected chi connectivity index (χ4v) is 4.52. The molecule has 0 saturated heterocycles. The zero-order chi connectivity index (χ0) is 22.3. The van der Waals surface area contributed by atoms with Crippen molar-refractivity contribution in [3.05, 3.63) is 46.8 Å². The van der Waals surface area contributed by atoms with Crippen LogP contribution in [-0.2, 0) is 29.1 Å². The van der Waals surface area contributed by atoms with Crippen LogP contribution >= 0.6 is 11.3 Å². The molecule has 1 aromatic heterocycles. The molecule has 2 rings (SSSR count). The van der Waals surface area contributed by atoms with Gasteiger partial charge in [0.15, 0.2) is 6.61 Å². The molecule has 9 nitrogen and oxygen atoms in total. The Kier molecular flexibility index (Phi) is 8.09. The van der Waals surface area contributed by atoms with Gasteiger partial charge in [-0.3, -0.25) is 9.59 Å². The van der Waals surface area contributed by atoms with Crippen LogP contribution in [0.1, 0.15) is 29.1 Å². The molecule has 2 N–H and O–H groups in total. The normalized spacial score (nSPS) is 12.1. The number of ether oxygens (including phenoxy) is 2. The minimum absolute atomic E-state index is 0.00728. The van der Waals surface area contributed by atoms with Gasteiger partial charge in [-0.15, -0.1) is 11.3 Å². The number of hydrogen-bond donors (Lipinski definition) is 2. The van der Waals surface area contributed by atoms with E-state index in [4.69, 9.17) is 9.47 Å². The molecule has 0 aliphatic rings. The summed E-state index contributed by atoms with van der Waals surface area (Å²) in [5, 5.41) is 2.92. The highest BCUT2D eigenvalue weighted by Crippen LogP contribution is 2.27. The number of rotatable bonds is 9. The second-order valence-corrected chi connectivity index (χ2v) is 8.92. The zero-order valence-electron chi connectivity index (χ0n) is 16.6. The number of amides is 1. The van der Waals surface area contributed by atoms with Crippen LogP contribution in [0.2, 0.25) is 0 Å². The number of aryl methyl sites for hydroxylation is 1. The molecule has 1 atom stereocenters. The number of hydrogen-bond acceptors (Lipinski definition) is 8. The van der Waals surface area contributed by atoms with E-state index in [-0.39, 0.29) is 11.5 Å². The Labute approximate surface area is 178 Å². The first-order valence-corrected chi connectivity index (χ1v) is 11.3. The van der Waals surface area contributed by atoms with E-state index in [9.17, 15) is 22.8 Å². The predicted molar refractivity (Wildman–Crippen MR) is 111 cm³/mol. The Morgan fingerprint density at radius 3 is 2.43 bits per heavy atom. The van der Waals surface area contributed by atoms with Gasteiger partial charge in [-0.1, -0.05) is 18.2 Å². The predicted octanol–water partition coefficient (Wildman–Crippen LogP) is 2.08. The highest BCUT2D eigenvalue weighted by Gasteiger charge is 2.24. The molecule has 162 valence electrons. The first kappa shape index (κ1) is 23.5. The number of sulfonamides is 1. The summed E-state index contributed by atoms with van der Waals surface area (Å²) in [5.74, 6) is -2.01. The maximum absolute atomic E-state index is 12.2. The quantitative estimate of drug-likeness (QED) is 0.555. The molecular weight excluding hydrogens is 432 g/mol. The maximum Gasteiger partial charge on any atom is 0.348 e. The highest BCUT2D eigenvalue weighted by atomic mass is 32.2. The van der Waals surface area contributed by atoms with E-state index >= 15 is 0 Å². The first-order chi connectivity index (χ1) is 14.1. The Hall–Kier alpha value is -2.76. The lowest BCUT2D eigenvalue weighted by molar-refractivity contribution is -0.148. The van der Waals surface area contributed by atoms with Gasteiger partial charge in [0.05, 0.1) is 16.5 Å². The van der Waals surface area contributed by atoms with Crippen LogP contribution in [-0.4, -0.2) is 45.5 Å². The monoisotopic (exact) mass is 454 g/mol. The number of esters is 2. The van der Waals surface area contributed by atoms with E-state index in [1.807, 2.05) is 0 Å². The fourth-order valence-electron chi connectivity index (χ4n) is 2.33. The molecule has 0 saturated carbocycles. The largest absolute Gasteiger partial charge is 0.462 e. The molecule has 0 aliphatic heterocycles. The number of benzene rings is 1. The summed E-state index contributed by atoms with van der Waals surface area (Å²) >= 11 is 1.04. The molecule has 1 heterocycles. The van der Waals surface area contributed by atoms with Crippen molar-refractivity contribution in [1.29, 1.82) is 0 Å². The third-order valence-electron chi connectivity index (χ3n) is 3.73. The van der Waals surface area contributed by atoms with Gasteiger partial charge >= 0.3 is 11.9 Å². The lowest BCUT2D eigenvalue weighted by Crippen LogP contribution is -2.40. The van der Waals surface area contributed by atoms with Gasteiger partial charge in [0, 0.05) is 0 Å².